The first-order valence-electron chi connectivity index (χ1n) is 5.52. The van der Waals surface area contributed by atoms with E-state index in [1.165, 1.54) is 20.0 Å². The molecule has 0 aliphatic rings. The molecule has 1 aromatic rings. The van der Waals surface area contributed by atoms with Crippen molar-refractivity contribution in [2.75, 3.05) is 14.2 Å². The molecule has 2 N–H and O–H groups in total. The fourth-order valence-corrected chi connectivity index (χ4v) is 0.967. The summed E-state index contributed by atoms with van der Waals surface area (Å²) in [6.07, 6.45) is 3.00. The Balaban J connectivity index is 0.000000982. The second kappa shape index (κ2) is 7.42. The van der Waals surface area contributed by atoms with E-state index in [0.717, 1.165) is 0 Å². The summed E-state index contributed by atoms with van der Waals surface area (Å²) in [7, 11) is 4.98. The summed E-state index contributed by atoms with van der Waals surface area (Å²) in [6, 6.07) is 1.57. The molecule has 0 radical (unpaired) electrons. The molecule has 1 rings (SSSR count). The van der Waals surface area contributed by atoms with E-state index in [0.29, 0.717) is 5.56 Å². The lowest BCUT2D eigenvalue weighted by atomic mass is 10.1. The van der Waals surface area contributed by atoms with Gasteiger partial charge < -0.3 is 15.2 Å². The lowest BCUT2D eigenvalue weighted by Crippen LogP contribution is -2.49. The number of aryl methyl sites for hydroxylation is 1. The fourth-order valence-electron chi connectivity index (χ4n) is 0.967. The zero-order chi connectivity index (χ0) is 15.1. The molecule has 7 heteroatoms. The van der Waals surface area contributed by atoms with Crippen LogP contribution in [-0.4, -0.2) is 41.8 Å². The Morgan fingerprint density at radius 1 is 1.42 bits per heavy atom. The van der Waals surface area contributed by atoms with E-state index in [2.05, 4.69) is 15.2 Å². The molecule has 7 nitrogen and oxygen atoms in total. The Morgan fingerprint density at radius 2 is 1.95 bits per heavy atom. The molecule has 106 valence electrons. The van der Waals surface area contributed by atoms with Gasteiger partial charge in [0.15, 0.2) is 13.2 Å². The summed E-state index contributed by atoms with van der Waals surface area (Å²) in [5.74, 6) is -1.55. The maximum atomic E-state index is 11.7. The molecule has 0 unspecified atom stereocenters. The van der Waals surface area contributed by atoms with Crippen LogP contribution in [0.4, 0.5) is 0 Å². The predicted molar refractivity (Wildman–Crippen MR) is 67.5 cm³/mol. The average Bonchev–Trinajstić information content (AvgIpc) is 2.30. The Kier molecular flexibility index (Phi) is 6.63. The second-order valence-corrected chi connectivity index (χ2v) is 4.38. The van der Waals surface area contributed by atoms with Gasteiger partial charge in [0.1, 0.15) is 11.7 Å². The number of aliphatic carboxylic acids is 1. The van der Waals surface area contributed by atoms with Crippen LogP contribution in [0.25, 0.3) is 0 Å². The number of nitrogens with zero attached hydrogens (tertiary/aromatic N) is 2. The summed E-state index contributed by atoms with van der Waals surface area (Å²) in [6.45, 7) is 2.84. The molecule has 0 spiro atoms. The number of rotatable bonds is 3. The first kappa shape index (κ1) is 17.0. The Labute approximate surface area is 112 Å². The molecule has 0 saturated carbocycles. The number of ether oxygens (including phenoxy) is 1. The average molecular weight is 270 g/mol. The Morgan fingerprint density at radius 3 is 2.32 bits per heavy atom. The number of amides is 1. The van der Waals surface area contributed by atoms with E-state index in [9.17, 15) is 9.59 Å². The first-order valence-corrected chi connectivity index (χ1v) is 5.52. The van der Waals surface area contributed by atoms with E-state index < -0.39 is 17.4 Å². The summed E-state index contributed by atoms with van der Waals surface area (Å²) in [4.78, 5) is 22.5. The van der Waals surface area contributed by atoms with E-state index in [4.69, 9.17) is 5.11 Å². The largest absolute Gasteiger partial charge is 0.480 e. The molecule has 0 aliphatic heterocycles. The summed E-state index contributed by atoms with van der Waals surface area (Å²) >= 11 is 0. The molecule has 0 atom stereocenters. The van der Waals surface area contributed by atoms with Crippen molar-refractivity contribution >= 4 is 11.9 Å². The number of carboxylic acids is 1. The normalized spacial score (nSPS) is 10.2. The number of hydrogen-bond donors (Lipinski definition) is 2. The highest BCUT2D eigenvalue weighted by Crippen LogP contribution is 2.04. The van der Waals surface area contributed by atoms with Crippen molar-refractivity contribution in [2.45, 2.75) is 19.4 Å². The van der Waals surface area contributed by atoms with Crippen molar-refractivity contribution in [2.24, 2.45) is 7.05 Å². The van der Waals surface area contributed by atoms with Crippen LogP contribution in [0.2, 0.25) is 0 Å². The second-order valence-electron chi connectivity index (χ2n) is 4.38. The Hall–Kier alpha value is -2.02. The number of hydrogen-bond acceptors (Lipinski definition) is 4. The minimum atomic E-state index is -1.30. The lowest BCUT2D eigenvalue weighted by Gasteiger charge is -2.20. The first-order chi connectivity index (χ1) is 8.74. The molecule has 1 heterocycles. The van der Waals surface area contributed by atoms with Gasteiger partial charge in [0.25, 0.3) is 5.91 Å². The molecule has 0 aliphatic carbocycles. The van der Waals surface area contributed by atoms with Gasteiger partial charge in [-0.05, 0) is 18.9 Å². The number of nitrogens with one attached hydrogen (secondary N) is 1. The molecule has 0 fully saturated rings. The van der Waals surface area contributed by atoms with Crippen LogP contribution in [-0.2, 0) is 16.6 Å². The third-order valence-corrected chi connectivity index (χ3v) is 2.07. The molecular weight excluding hydrogens is 250 g/mol. The van der Waals surface area contributed by atoms with Crippen molar-refractivity contribution in [3.63, 3.8) is 0 Å². The quantitative estimate of drug-likeness (QED) is 0.740. The third kappa shape index (κ3) is 5.91. The van der Waals surface area contributed by atoms with Gasteiger partial charge >= 0.3 is 5.97 Å². The molecular formula is C12H20N3O4+. The molecule has 0 bridgehead atoms. The number of carbonyl (C=O) groups excluding carboxylic acids is 1. The maximum absolute atomic E-state index is 11.7. The zero-order valence-corrected chi connectivity index (χ0v) is 11.8. The van der Waals surface area contributed by atoms with Crippen molar-refractivity contribution in [1.29, 1.82) is 0 Å². The van der Waals surface area contributed by atoms with Crippen molar-refractivity contribution in [1.82, 2.24) is 10.4 Å². The maximum Gasteiger partial charge on any atom is 0.328 e. The standard InChI is InChI=1S/C10H13N3O3.C2H6O/c1-10(2,9(15)16)12-8(14)7-4-5-13(3)11-6-7;1-3-2/h4-6H,1-3H3,(H-,12,14,15,16);1-2H3/p+1. The molecule has 0 aromatic carbocycles. The van der Waals surface area contributed by atoms with Crippen molar-refractivity contribution < 1.29 is 24.1 Å². The highest BCUT2D eigenvalue weighted by atomic mass is 16.4. The molecule has 1 aromatic heterocycles. The number of carbonyl (C=O) groups is 2. The van der Waals surface area contributed by atoms with Gasteiger partial charge in [0.05, 0.1) is 5.56 Å². The van der Waals surface area contributed by atoms with Crippen LogP contribution in [0, 0.1) is 0 Å². The van der Waals surface area contributed by atoms with Crippen LogP contribution in [0.3, 0.4) is 0 Å². The van der Waals surface area contributed by atoms with Gasteiger partial charge in [-0.1, -0.05) is 4.68 Å². The van der Waals surface area contributed by atoms with Gasteiger partial charge in [-0.2, -0.15) is 0 Å². The number of carboxylic acid groups (broad SMARTS) is 1. The van der Waals surface area contributed by atoms with Gasteiger partial charge in [0, 0.05) is 20.3 Å². The van der Waals surface area contributed by atoms with Gasteiger partial charge in [-0.15, -0.1) is 0 Å². The third-order valence-electron chi connectivity index (χ3n) is 2.07. The minimum Gasteiger partial charge on any atom is -0.480 e. The number of methoxy groups -OCH3 is 1. The van der Waals surface area contributed by atoms with Crippen LogP contribution in [0.5, 0.6) is 0 Å². The molecule has 1 amide bonds. The lowest BCUT2D eigenvalue weighted by molar-refractivity contribution is -0.730. The van der Waals surface area contributed by atoms with Crippen LogP contribution >= 0.6 is 0 Å². The highest BCUT2D eigenvalue weighted by molar-refractivity contribution is 5.97. The van der Waals surface area contributed by atoms with Gasteiger partial charge in [0.2, 0.25) is 0 Å². The zero-order valence-electron chi connectivity index (χ0n) is 11.8. The monoisotopic (exact) mass is 270 g/mol. The van der Waals surface area contributed by atoms with E-state index in [1.807, 2.05) is 0 Å². The van der Waals surface area contributed by atoms with Gasteiger partial charge in [-0.3, -0.25) is 4.79 Å². The van der Waals surface area contributed by atoms with Crippen LogP contribution in [0.15, 0.2) is 18.5 Å². The fraction of sp³-hybridized carbons (Fsp3) is 0.500. The van der Waals surface area contributed by atoms with Crippen LogP contribution < -0.4 is 10.00 Å². The highest BCUT2D eigenvalue weighted by Gasteiger charge is 2.29. The Bertz CT molecular complexity index is 429. The number of aromatic nitrogens is 2. The van der Waals surface area contributed by atoms with Crippen molar-refractivity contribution in [3.8, 4) is 0 Å². The smallest absolute Gasteiger partial charge is 0.328 e. The van der Waals surface area contributed by atoms with Crippen LogP contribution in [0.1, 0.15) is 24.2 Å². The summed E-state index contributed by atoms with van der Waals surface area (Å²) < 4.78 is 5.79. The topological polar surface area (TPSA) is 92.4 Å². The SMILES string of the molecule is COC.C[n+]1ccc(C(=O)NC(C)(C)C(=O)O)cn1. The van der Waals surface area contributed by atoms with E-state index in [1.54, 1.807) is 38.2 Å². The van der Waals surface area contributed by atoms with E-state index in [-0.39, 0.29) is 0 Å². The minimum absolute atomic E-state index is 0.326. The van der Waals surface area contributed by atoms with Crippen molar-refractivity contribution in [3.05, 3.63) is 24.0 Å². The summed E-state index contributed by atoms with van der Waals surface area (Å²) in [5, 5.41) is 15.1. The molecule has 0 saturated heterocycles. The summed E-state index contributed by atoms with van der Waals surface area (Å²) in [5.41, 5.74) is -0.970. The molecule has 19 heavy (non-hydrogen) atoms. The van der Waals surface area contributed by atoms with Gasteiger partial charge in [-0.25, -0.2) is 4.79 Å². The predicted octanol–water partition coefficient (Wildman–Crippen LogP) is -0.238. The van der Waals surface area contributed by atoms with E-state index >= 15 is 0 Å².